The Morgan fingerprint density at radius 3 is 2.83 bits per heavy atom. The fourth-order valence-electron chi connectivity index (χ4n) is 2.16. The lowest BCUT2D eigenvalue weighted by Gasteiger charge is -2.27. The van der Waals surface area contributed by atoms with E-state index in [1.165, 1.54) is 0 Å². The van der Waals surface area contributed by atoms with Crippen LogP contribution < -0.4 is 5.32 Å². The maximum absolute atomic E-state index is 4.45. The Morgan fingerprint density at radius 2 is 2.11 bits per heavy atom. The second kappa shape index (κ2) is 5.22. The summed E-state index contributed by atoms with van der Waals surface area (Å²) in [5.41, 5.74) is 2.94. The number of hydrogen-bond acceptors (Lipinski definition) is 3. The highest BCUT2D eigenvalue weighted by molar-refractivity contribution is 9.10. The topological polar surface area (TPSA) is 37.8 Å². The van der Waals surface area contributed by atoms with Crippen molar-refractivity contribution >= 4 is 32.7 Å². The summed E-state index contributed by atoms with van der Waals surface area (Å²) in [4.78, 5) is 8.80. The Labute approximate surface area is 116 Å². The third-order valence-corrected chi connectivity index (χ3v) is 3.33. The summed E-state index contributed by atoms with van der Waals surface area (Å²) < 4.78 is 0.951. The van der Waals surface area contributed by atoms with Gasteiger partial charge in [-0.2, -0.15) is 0 Å². The first-order chi connectivity index (χ1) is 8.52. The standard InChI is InChI=1S/C14H18BrN3/c1-4-6-14(2,3)18-11-5-7-16-12-8-10(15)9-17-13(11)12/h5,7-9H,4,6H2,1-3H3,(H,16,18). The molecule has 0 spiro atoms. The molecular formula is C14H18BrN3. The lowest BCUT2D eigenvalue weighted by Crippen LogP contribution is -2.30. The van der Waals surface area contributed by atoms with Crippen LogP contribution in [0.3, 0.4) is 0 Å². The Kier molecular flexibility index (Phi) is 3.85. The molecule has 0 bridgehead atoms. The molecule has 0 fully saturated rings. The Morgan fingerprint density at radius 1 is 1.33 bits per heavy atom. The van der Waals surface area contributed by atoms with Crippen LogP contribution in [0, 0.1) is 0 Å². The van der Waals surface area contributed by atoms with Crippen LogP contribution >= 0.6 is 15.9 Å². The highest BCUT2D eigenvalue weighted by atomic mass is 79.9. The van der Waals surface area contributed by atoms with Gasteiger partial charge < -0.3 is 5.32 Å². The van der Waals surface area contributed by atoms with Crippen LogP contribution in [0.15, 0.2) is 29.0 Å². The summed E-state index contributed by atoms with van der Waals surface area (Å²) in [6, 6.07) is 3.97. The van der Waals surface area contributed by atoms with Gasteiger partial charge >= 0.3 is 0 Å². The lowest BCUT2D eigenvalue weighted by molar-refractivity contribution is 0.511. The van der Waals surface area contributed by atoms with Gasteiger partial charge in [0.05, 0.1) is 11.2 Å². The van der Waals surface area contributed by atoms with E-state index in [1.54, 1.807) is 0 Å². The van der Waals surface area contributed by atoms with Crippen LogP contribution in [-0.4, -0.2) is 15.5 Å². The zero-order valence-corrected chi connectivity index (χ0v) is 12.6. The number of rotatable bonds is 4. The smallest absolute Gasteiger partial charge is 0.112 e. The predicted molar refractivity (Wildman–Crippen MR) is 79.8 cm³/mol. The van der Waals surface area contributed by atoms with Crippen molar-refractivity contribution in [1.29, 1.82) is 0 Å². The van der Waals surface area contributed by atoms with E-state index in [4.69, 9.17) is 0 Å². The zero-order valence-electron chi connectivity index (χ0n) is 11.0. The Hall–Kier alpha value is -1.16. The fraction of sp³-hybridized carbons (Fsp3) is 0.429. The normalized spacial score (nSPS) is 11.8. The molecule has 0 saturated heterocycles. The number of nitrogens with zero attached hydrogens (tertiary/aromatic N) is 2. The van der Waals surface area contributed by atoms with Gasteiger partial charge in [-0.1, -0.05) is 13.3 Å². The molecule has 1 N–H and O–H groups in total. The van der Waals surface area contributed by atoms with E-state index in [2.05, 4.69) is 52.0 Å². The molecule has 2 aromatic heterocycles. The molecule has 18 heavy (non-hydrogen) atoms. The monoisotopic (exact) mass is 307 g/mol. The van der Waals surface area contributed by atoms with Gasteiger partial charge in [-0.15, -0.1) is 0 Å². The van der Waals surface area contributed by atoms with Crippen LogP contribution in [0.4, 0.5) is 5.69 Å². The molecule has 0 aromatic carbocycles. The number of anilines is 1. The molecule has 0 aliphatic rings. The molecule has 2 heterocycles. The maximum atomic E-state index is 4.45. The van der Waals surface area contributed by atoms with Crippen LogP contribution in [-0.2, 0) is 0 Å². The number of nitrogens with one attached hydrogen (secondary N) is 1. The second-order valence-electron chi connectivity index (χ2n) is 5.14. The Bertz CT molecular complexity index is 552. The minimum Gasteiger partial charge on any atom is -0.378 e. The summed E-state index contributed by atoms with van der Waals surface area (Å²) in [5, 5.41) is 3.56. The first-order valence-electron chi connectivity index (χ1n) is 6.20. The van der Waals surface area contributed by atoms with Crippen LogP contribution in [0.2, 0.25) is 0 Å². The van der Waals surface area contributed by atoms with E-state index in [0.29, 0.717) is 0 Å². The molecule has 0 aliphatic carbocycles. The van der Waals surface area contributed by atoms with Crippen LogP contribution in [0.25, 0.3) is 11.0 Å². The summed E-state index contributed by atoms with van der Waals surface area (Å²) in [7, 11) is 0. The van der Waals surface area contributed by atoms with E-state index >= 15 is 0 Å². The highest BCUT2D eigenvalue weighted by Gasteiger charge is 2.17. The van der Waals surface area contributed by atoms with Crippen molar-refractivity contribution in [1.82, 2.24) is 9.97 Å². The van der Waals surface area contributed by atoms with Crippen molar-refractivity contribution in [3.05, 3.63) is 29.0 Å². The quantitative estimate of drug-likeness (QED) is 0.910. The van der Waals surface area contributed by atoms with E-state index in [1.807, 2.05) is 24.5 Å². The predicted octanol–water partition coefficient (Wildman–Crippen LogP) is 4.38. The van der Waals surface area contributed by atoms with Crippen molar-refractivity contribution in [3.8, 4) is 0 Å². The van der Waals surface area contributed by atoms with Gasteiger partial charge in [-0.25, -0.2) is 0 Å². The highest BCUT2D eigenvalue weighted by Crippen LogP contribution is 2.26. The summed E-state index contributed by atoms with van der Waals surface area (Å²) >= 11 is 3.42. The van der Waals surface area contributed by atoms with E-state index in [0.717, 1.165) is 34.0 Å². The molecule has 2 aromatic rings. The van der Waals surface area contributed by atoms with Gasteiger partial charge in [0.15, 0.2) is 0 Å². The SMILES string of the molecule is CCCC(C)(C)Nc1ccnc2cc(Br)cnc12. The molecule has 0 unspecified atom stereocenters. The molecule has 2 rings (SSSR count). The van der Waals surface area contributed by atoms with Crippen LogP contribution in [0.1, 0.15) is 33.6 Å². The van der Waals surface area contributed by atoms with Crippen molar-refractivity contribution in [2.75, 3.05) is 5.32 Å². The van der Waals surface area contributed by atoms with E-state index < -0.39 is 0 Å². The van der Waals surface area contributed by atoms with Gasteiger partial charge in [0.25, 0.3) is 0 Å². The Balaban J connectivity index is 2.39. The van der Waals surface area contributed by atoms with Crippen molar-refractivity contribution in [2.45, 2.75) is 39.2 Å². The molecular weight excluding hydrogens is 290 g/mol. The molecule has 0 aliphatic heterocycles. The molecule has 3 nitrogen and oxygen atoms in total. The second-order valence-corrected chi connectivity index (χ2v) is 6.05. The van der Waals surface area contributed by atoms with Gasteiger partial charge in [0.2, 0.25) is 0 Å². The number of fused-ring (bicyclic) bond motifs is 1. The average molecular weight is 308 g/mol. The molecule has 0 amide bonds. The van der Waals surface area contributed by atoms with Gasteiger partial charge in [0, 0.05) is 22.4 Å². The minimum atomic E-state index is 0.0672. The number of halogens is 1. The zero-order chi connectivity index (χ0) is 13.2. The first-order valence-corrected chi connectivity index (χ1v) is 6.99. The van der Waals surface area contributed by atoms with Crippen molar-refractivity contribution in [3.63, 3.8) is 0 Å². The fourth-order valence-corrected chi connectivity index (χ4v) is 2.48. The summed E-state index contributed by atoms with van der Waals surface area (Å²) in [6.45, 7) is 6.62. The van der Waals surface area contributed by atoms with Crippen molar-refractivity contribution < 1.29 is 0 Å². The molecule has 0 radical (unpaired) electrons. The molecule has 96 valence electrons. The number of hydrogen-bond donors (Lipinski definition) is 1. The van der Waals surface area contributed by atoms with Crippen molar-refractivity contribution in [2.24, 2.45) is 0 Å². The van der Waals surface area contributed by atoms with Crippen LogP contribution in [0.5, 0.6) is 0 Å². The molecule has 0 saturated carbocycles. The maximum Gasteiger partial charge on any atom is 0.112 e. The van der Waals surface area contributed by atoms with Gasteiger partial charge in [-0.05, 0) is 48.3 Å². The number of aromatic nitrogens is 2. The first kappa shape index (κ1) is 13.3. The minimum absolute atomic E-state index is 0.0672. The van der Waals surface area contributed by atoms with E-state index in [-0.39, 0.29) is 5.54 Å². The summed E-state index contributed by atoms with van der Waals surface area (Å²) in [5.74, 6) is 0. The largest absolute Gasteiger partial charge is 0.378 e. The lowest BCUT2D eigenvalue weighted by atomic mass is 9.98. The third-order valence-electron chi connectivity index (χ3n) is 2.89. The number of pyridine rings is 2. The van der Waals surface area contributed by atoms with Gasteiger partial charge in [-0.3, -0.25) is 9.97 Å². The van der Waals surface area contributed by atoms with E-state index in [9.17, 15) is 0 Å². The van der Waals surface area contributed by atoms with Gasteiger partial charge in [0.1, 0.15) is 5.52 Å². The summed E-state index contributed by atoms with van der Waals surface area (Å²) in [6.07, 6.45) is 5.90. The third kappa shape index (κ3) is 2.99. The molecule has 0 atom stereocenters. The average Bonchev–Trinajstić information content (AvgIpc) is 2.28. The molecule has 4 heteroatoms.